The minimum Gasteiger partial charge on any atom is -0.335 e. The number of carbonyl (C=O) groups excluding carboxylic acids is 1. The third kappa shape index (κ3) is 2.43. The third-order valence-corrected chi connectivity index (χ3v) is 3.33. The molecule has 0 bridgehead atoms. The number of rotatable bonds is 4. The number of amides is 1. The Morgan fingerprint density at radius 3 is 2.78 bits per heavy atom. The van der Waals surface area contributed by atoms with E-state index in [1.165, 1.54) is 0 Å². The molecule has 18 heavy (non-hydrogen) atoms. The Balaban J connectivity index is 2.17. The smallest absolute Gasteiger partial charge is 0.223 e. The van der Waals surface area contributed by atoms with Crippen molar-refractivity contribution in [2.75, 3.05) is 6.54 Å². The van der Waals surface area contributed by atoms with Gasteiger partial charge in [-0.15, -0.1) is 6.58 Å². The first-order valence-corrected chi connectivity index (χ1v) is 6.16. The van der Waals surface area contributed by atoms with Crippen molar-refractivity contribution in [1.82, 2.24) is 4.90 Å². The van der Waals surface area contributed by atoms with Gasteiger partial charge in [0.05, 0.1) is 17.7 Å². The Hall–Kier alpha value is -2.08. The van der Waals surface area contributed by atoms with Crippen molar-refractivity contribution in [3.8, 4) is 6.07 Å². The van der Waals surface area contributed by atoms with Crippen molar-refractivity contribution >= 4 is 5.91 Å². The van der Waals surface area contributed by atoms with Crippen molar-refractivity contribution in [1.29, 1.82) is 5.26 Å². The summed E-state index contributed by atoms with van der Waals surface area (Å²) >= 11 is 0. The Morgan fingerprint density at radius 2 is 2.17 bits per heavy atom. The number of nitrogens with zero attached hydrogens (tertiary/aromatic N) is 2. The molecule has 1 unspecified atom stereocenters. The standard InChI is InChI=1S/C15H16N2O/c1-2-3-10-17-14(8-9-15(17)18)13-6-4-12(11-16)5-7-13/h2,4-7,14H,1,3,8-10H2. The molecule has 0 aliphatic carbocycles. The van der Waals surface area contributed by atoms with Crippen LogP contribution in [0.15, 0.2) is 36.9 Å². The first-order chi connectivity index (χ1) is 8.76. The van der Waals surface area contributed by atoms with Crippen molar-refractivity contribution in [2.45, 2.75) is 25.3 Å². The van der Waals surface area contributed by atoms with Gasteiger partial charge in [0.1, 0.15) is 0 Å². The molecule has 1 atom stereocenters. The molecule has 0 saturated carbocycles. The van der Waals surface area contributed by atoms with Crippen molar-refractivity contribution in [3.05, 3.63) is 48.0 Å². The largest absolute Gasteiger partial charge is 0.335 e. The summed E-state index contributed by atoms with van der Waals surface area (Å²) < 4.78 is 0. The zero-order chi connectivity index (χ0) is 13.0. The van der Waals surface area contributed by atoms with Gasteiger partial charge in [-0.2, -0.15) is 5.26 Å². The molecular formula is C15H16N2O. The predicted octanol–water partition coefficient (Wildman–Crippen LogP) is 2.80. The van der Waals surface area contributed by atoms with E-state index in [0.717, 1.165) is 24.9 Å². The number of benzene rings is 1. The lowest BCUT2D eigenvalue weighted by atomic mass is 10.0. The predicted molar refractivity (Wildman–Crippen MR) is 69.7 cm³/mol. The molecule has 0 aromatic heterocycles. The van der Waals surface area contributed by atoms with Crippen LogP contribution in [-0.4, -0.2) is 17.4 Å². The van der Waals surface area contributed by atoms with Crippen LogP contribution in [0.5, 0.6) is 0 Å². The van der Waals surface area contributed by atoms with E-state index in [1.807, 2.05) is 35.2 Å². The monoisotopic (exact) mass is 240 g/mol. The third-order valence-electron chi connectivity index (χ3n) is 3.33. The second-order valence-corrected chi connectivity index (χ2v) is 4.45. The minimum absolute atomic E-state index is 0.158. The van der Waals surface area contributed by atoms with Crippen LogP contribution in [0, 0.1) is 11.3 Å². The maximum absolute atomic E-state index is 11.8. The Labute approximate surface area is 107 Å². The summed E-state index contributed by atoms with van der Waals surface area (Å²) in [6, 6.07) is 9.78. The lowest BCUT2D eigenvalue weighted by Crippen LogP contribution is -2.28. The second-order valence-electron chi connectivity index (χ2n) is 4.45. The average molecular weight is 240 g/mol. The highest BCUT2D eigenvalue weighted by Crippen LogP contribution is 2.32. The molecule has 92 valence electrons. The molecule has 0 N–H and O–H groups in total. The van der Waals surface area contributed by atoms with Crippen LogP contribution < -0.4 is 0 Å². The SMILES string of the molecule is C=CCCN1C(=O)CCC1c1ccc(C#N)cc1. The van der Waals surface area contributed by atoms with Crippen molar-refractivity contribution < 1.29 is 4.79 Å². The molecule has 2 rings (SSSR count). The van der Waals surface area contributed by atoms with Gasteiger partial charge >= 0.3 is 0 Å². The zero-order valence-corrected chi connectivity index (χ0v) is 10.3. The Morgan fingerprint density at radius 1 is 1.44 bits per heavy atom. The fourth-order valence-electron chi connectivity index (χ4n) is 2.37. The summed E-state index contributed by atoms with van der Waals surface area (Å²) in [7, 11) is 0. The summed E-state index contributed by atoms with van der Waals surface area (Å²) in [5, 5.41) is 8.78. The average Bonchev–Trinajstić information content (AvgIpc) is 2.78. The summed E-state index contributed by atoms with van der Waals surface area (Å²) in [5.74, 6) is 0.214. The molecule has 0 spiro atoms. The number of carbonyl (C=O) groups is 1. The molecule has 1 heterocycles. The fraction of sp³-hybridized carbons (Fsp3) is 0.333. The fourth-order valence-corrected chi connectivity index (χ4v) is 2.37. The Bertz CT molecular complexity index is 484. The van der Waals surface area contributed by atoms with Gasteiger partial charge < -0.3 is 4.90 Å². The van der Waals surface area contributed by atoms with Crippen LogP contribution >= 0.6 is 0 Å². The molecule has 3 heteroatoms. The van der Waals surface area contributed by atoms with Gasteiger partial charge in [0, 0.05) is 13.0 Å². The molecular weight excluding hydrogens is 224 g/mol. The zero-order valence-electron chi connectivity index (χ0n) is 10.3. The lowest BCUT2D eigenvalue weighted by Gasteiger charge is -2.24. The molecule has 1 saturated heterocycles. The minimum atomic E-state index is 0.158. The van der Waals surface area contributed by atoms with Crippen LogP contribution in [0.1, 0.15) is 36.4 Å². The van der Waals surface area contributed by atoms with E-state index >= 15 is 0 Å². The lowest BCUT2D eigenvalue weighted by molar-refractivity contribution is -0.129. The van der Waals surface area contributed by atoms with Gasteiger partial charge in [-0.25, -0.2) is 0 Å². The van der Waals surface area contributed by atoms with Gasteiger partial charge in [-0.1, -0.05) is 18.2 Å². The van der Waals surface area contributed by atoms with E-state index in [0.29, 0.717) is 12.0 Å². The highest BCUT2D eigenvalue weighted by atomic mass is 16.2. The summed E-state index contributed by atoms with van der Waals surface area (Å²) in [4.78, 5) is 13.7. The van der Waals surface area contributed by atoms with Crippen LogP contribution in [0.3, 0.4) is 0 Å². The van der Waals surface area contributed by atoms with E-state index in [2.05, 4.69) is 12.6 Å². The van der Waals surface area contributed by atoms with Crippen LogP contribution in [0.25, 0.3) is 0 Å². The van der Waals surface area contributed by atoms with Crippen molar-refractivity contribution in [3.63, 3.8) is 0 Å². The first-order valence-electron chi connectivity index (χ1n) is 6.16. The number of hydrogen-bond acceptors (Lipinski definition) is 2. The highest BCUT2D eigenvalue weighted by molar-refractivity contribution is 5.79. The van der Waals surface area contributed by atoms with Crippen molar-refractivity contribution in [2.24, 2.45) is 0 Å². The van der Waals surface area contributed by atoms with Gasteiger partial charge in [0.15, 0.2) is 0 Å². The number of likely N-dealkylation sites (tertiary alicyclic amines) is 1. The van der Waals surface area contributed by atoms with Crippen LogP contribution in [0.2, 0.25) is 0 Å². The normalized spacial score (nSPS) is 18.7. The molecule has 1 aromatic rings. The maximum Gasteiger partial charge on any atom is 0.223 e. The quantitative estimate of drug-likeness (QED) is 0.759. The molecule has 1 aliphatic rings. The molecule has 1 aliphatic heterocycles. The second kappa shape index (κ2) is 5.50. The van der Waals surface area contributed by atoms with Crippen LogP contribution in [-0.2, 0) is 4.79 Å². The number of nitriles is 1. The van der Waals surface area contributed by atoms with E-state index in [4.69, 9.17) is 5.26 Å². The van der Waals surface area contributed by atoms with E-state index in [-0.39, 0.29) is 11.9 Å². The molecule has 1 aromatic carbocycles. The van der Waals surface area contributed by atoms with E-state index in [1.54, 1.807) is 0 Å². The van der Waals surface area contributed by atoms with Gasteiger partial charge in [-0.05, 0) is 30.5 Å². The molecule has 1 amide bonds. The number of hydrogen-bond donors (Lipinski definition) is 0. The maximum atomic E-state index is 11.8. The first kappa shape index (κ1) is 12.4. The summed E-state index contributed by atoms with van der Waals surface area (Å²) in [6.07, 6.45) is 4.13. The van der Waals surface area contributed by atoms with Gasteiger partial charge in [-0.3, -0.25) is 4.79 Å². The van der Waals surface area contributed by atoms with Crippen LogP contribution in [0.4, 0.5) is 0 Å². The molecule has 1 fully saturated rings. The van der Waals surface area contributed by atoms with E-state index < -0.39 is 0 Å². The highest BCUT2D eigenvalue weighted by Gasteiger charge is 2.31. The Kier molecular flexibility index (Phi) is 3.78. The summed E-state index contributed by atoms with van der Waals surface area (Å²) in [6.45, 7) is 4.42. The van der Waals surface area contributed by atoms with E-state index in [9.17, 15) is 4.79 Å². The molecule has 3 nitrogen and oxygen atoms in total. The van der Waals surface area contributed by atoms with Gasteiger partial charge in [0.2, 0.25) is 5.91 Å². The molecule has 0 radical (unpaired) electrons. The van der Waals surface area contributed by atoms with Gasteiger partial charge in [0.25, 0.3) is 0 Å². The topological polar surface area (TPSA) is 44.1 Å². The summed E-state index contributed by atoms with van der Waals surface area (Å²) in [5.41, 5.74) is 1.77.